The maximum Gasteiger partial charge on any atom is 0.251 e. The molecule has 1 aliphatic heterocycles. The number of fused-ring (bicyclic) bond motifs is 1. The van der Waals surface area contributed by atoms with Crippen LogP contribution in [-0.4, -0.2) is 24.0 Å². The van der Waals surface area contributed by atoms with E-state index in [4.69, 9.17) is 0 Å². The Labute approximate surface area is 170 Å². The van der Waals surface area contributed by atoms with Crippen molar-refractivity contribution in [1.82, 2.24) is 4.98 Å². The SMILES string of the molecule is Cc1cc2cc(CC(=O)Nc3ccc(N4CCC(C)CC4)cc3)ccc2[nH]c1=O. The van der Waals surface area contributed by atoms with E-state index in [2.05, 4.69) is 34.3 Å². The molecule has 0 unspecified atom stereocenters. The topological polar surface area (TPSA) is 65.2 Å². The van der Waals surface area contributed by atoms with Gasteiger partial charge >= 0.3 is 0 Å². The Morgan fingerprint density at radius 3 is 2.55 bits per heavy atom. The zero-order valence-corrected chi connectivity index (χ0v) is 17.0. The summed E-state index contributed by atoms with van der Waals surface area (Å²) in [6, 6.07) is 15.7. The van der Waals surface area contributed by atoms with E-state index >= 15 is 0 Å². The Morgan fingerprint density at radius 2 is 1.83 bits per heavy atom. The fourth-order valence-electron chi connectivity index (χ4n) is 3.89. The van der Waals surface area contributed by atoms with Crippen LogP contribution in [0, 0.1) is 12.8 Å². The first kappa shape index (κ1) is 19.2. The van der Waals surface area contributed by atoms with Gasteiger partial charge in [0.15, 0.2) is 0 Å². The van der Waals surface area contributed by atoms with Crippen LogP contribution in [0.5, 0.6) is 0 Å². The molecule has 5 heteroatoms. The number of aromatic amines is 1. The molecular weight excluding hydrogens is 362 g/mol. The van der Waals surface area contributed by atoms with Crippen LogP contribution in [0.15, 0.2) is 53.3 Å². The van der Waals surface area contributed by atoms with E-state index in [1.807, 2.05) is 36.4 Å². The second-order valence-corrected chi connectivity index (χ2v) is 8.14. The minimum Gasteiger partial charge on any atom is -0.372 e. The molecule has 1 saturated heterocycles. The quantitative estimate of drug-likeness (QED) is 0.701. The molecule has 0 bridgehead atoms. The highest BCUT2D eigenvalue weighted by molar-refractivity contribution is 5.93. The number of nitrogens with zero attached hydrogens (tertiary/aromatic N) is 1. The lowest BCUT2D eigenvalue weighted by Gasteiger charge is -2.32. The summed E-state index contributed by atoms with van der Waals surface area (Å²) in [4.78, 5) is 29.5. The maximum atomic E-state index is 12.5. The summed E-state index contributed by atoms with van der Waals surface area (Å²) in [5, 5.41) is 3.92. The number of hydrogen-bond acceptors (Lipinski definition) is 3. The van der Waals surface area contributed by atoms with Crippen LogP contribution in [0.1, 0.15) is 30.9 Å². The van der Waals surface area contributed by atoms with Crippen molar-refractivity contribution in [2.24, 2.45) is 5.92 Å². The van der Waals surface area contributed by atoms with Crippen molar-refractivity contribution >= 4 is 28.2 Å². The third-order valence-corrected chi connectivity index (χ3v) is 5.76. The summed E-state index contributed by atoms with van der Waals surface area (Å²) in [5.41, 5.74) is 4.32. The largest absolute Gasteiger partial charge is 0.372 e. The van der Waals surface area contributed by atoms with Gasteiger partial charge in [0.25, 0.3) is 5.56 Å². The number of piperidine rings is 1. The third-order valence-electron chi connectivity index (χ3n) is 5.76. The standard InChI is InChI=1S/C24H27N3O2/c1-16-9-11-27(12-10-16)21-6-4-20(5-7-21)25-23(28)15-18-3-8-22-19(14-18)13-17(2)24(29)26-22/h3-8,13-14,16H,9-12,15H2,1-2H3,(H,25,28)(H,26,29). The molecule has 2 heterocycles. The van der Waals surface area contributed by atoms with E-state index in [0.717, 1.165) is 41.2 Å². The molecule has 2 N–H and O–H groups in total. The number of aromatic nitrogens is 1. The smallest absolute Gasteiger partial charge is 0.251 e. The number of hydrogen-bond donors (Lipinski definition) is 2. The van der Waals surface area contributed by atoms with Crippen molar-refractivity contribution in [2.75, 3.05) is 23.3 Å². The van der Waals surface area contributed by atoms with Crippen molar-refractivity contribution in [1.29, 1.82) is 0 Å². The van der Waals surface area contributed by atoms with E-state index in [1.54, 1.807) is 6.92 Å². The fraction of sp³-hybridized carbons (Fsp3) is 0.333. The average Bonchev–Trinajstić information content (AvgIpc) is 2.70. The fourth-order valence-corrected chi connectivity index (χ4v) is 3.89. The summed E-state index contributed by atoms with van der Waals surface area (Å²) in [6.07, 6.45) is 2.76. The van der Waals surface area contributed by atoms with Gasteiger partial charge in [0, 0.05) is 35.5 Å². The zero-order valence-electron chi connectivity index (χ0n) is 17.0. The molecule has 4 rings (SSSR count). The van der Waals surface area contributed by atoms with Crippen molar-refractivity contribution < 1.29 is 4.79 Å². The molecule has 29 heavy (non-hydrogen) atoms. The summed E-state index contributed by atoms with van der Waals surface area (Å²) in [6.45, 7) is 6.29. The van der Waals surface area contributed by atoms with Crippen LogP contribution in [0.4, 0.5) is 11.4 Å². The highest BCUT2D eigenvalue weighted by Crippen LogP contribution is 2.24. The molecule has 0 spiro atoms. The molecule has 3 aromatic rings. The van der Waals surface area contributed by atoms with Crippen molar-refractivity contribution in [3.8, 4) is 0 Å². The number of nitrogens with one attached hydrogen (secondary N) is 2. The van der Waals surface area contributed by atoms with E-state index in [-0.39, 0.29) is 11.5 Å². The van der Waals surface area contributed by atoms with Gasteiger partial charge in [-0.3, -0.25) is 9.59 Å². The Bertz CT molecular complexity index is 1080. The van der Waals surface area contributed by atoms with Crippen LogP contribution >= 0.6 is 0 Å². The summed E-state index contributed by atoms with van der Waals surface area (Å²) in [7, 11) is 0. The van der Waals surface area contributed by atoms with Crippen LogP contribution in [0.2, 0.25) is 0 Å². The van der Waals surface area contributed by atoms with E-state index in [0.29, 0.717) is 12.0 Å². The van der Waals surface area contributed by atoms with Gasteiger partial charge in [-0.2, -0.15) is 0 Å². The number of anilines is 2. The Hall–Kier alpha value is -3.08. The van der Waals surface area contributed by atoms with E-state index < -0.39 is 0 Å². The predicted octanol–water partition coefficient (Wildman–Crippen LogP) is 4.25. The van der Waals surface area contributed by atoms with Crippen LogP contribution < -0.4 is 15.8 Å². The molecule has 0 radical (unpaired) electrons. The summed E-state index contributed by atoms with van der Waals surface area (Å²) >= 11 is 0. The second-order valence-electron chi connectivity index (χ2n) is 8.14. The lowest BCUT2D eigenvalue weighted by molar-refractivity contribution is -0.115. The second kappa shape index (κ2) is 8.11. The number of amides is 1. The normalized spacial score (nSPS) is 14.9. The number of H-pyrrole nitrogens is 1. The molecule has 150 valence electrons. The zero-order chi connectivity index (χ0) is 20.4. The van der Waals surface area contributed by atoms with Gasteiger partial charge in [0.05, 0.1) is 6.42 Å². The molecule has 1 aromatic heterocycles. The molecule has 1 aliphatic rings. The third kappa shape index (κ3) is 4.50. The number of carbonyl (C=O) groups excluding carboxylic acids is 1. The van der Waals surface area contributed by atoms with Gasteiger partial charge in [0.1, 0.15) is 0 Å². The number of rotatable bonds is 4. The van der Waals surface area contributed by atoms with Crippen molar-refractivity contribution in [3.05, 3.63) is 70.0 Å². The minimum atomic E-state index is -0.0782. The molecular formula is C24H27N3O2. The lowest BCUT2D eigenvalue weighted by atomic mass is 9.99. The Kier molecular flexibility index (Phi) is 5.38. The molecule has 2 aromatic carbocycles. The molecule has 5 nitrogen and oxygen atoms in total. The predicted molar refractivity (Wildman–Crippen MR) is 119 cm³/mol. The molecule has 0 aliphatic carbocycles. The monoisotopic (exact) mass is 389 g/mol. The minimum absolute atomic E-state index is 0.0509. The number of pyridine rings is 1. The molecule has 1 amide bonds. The highest BCUT2D eigenvalue weighted by Gasteiger charge is 2.16. The maximum absolute atomic E-state index is 12.5. The number of benzene rings is 2. The molecule has 1 fully saturated rings. The van der Waals surface area contributed by atoms with E-state index in [1.165, 1.54) is 18.5 Å². The molecule has 0 saturated carbocycles. The van der Waals surface area contributed by atoms with Gasteiger partial charge in [-0.25, -0.2) is 0 Å². The highest BCUT2D eigenvalue weighted by atomic mass is 16.1. The average molecular weight is 389 g/mol. The van der Waals surface area contributed by atoms with Crippen molar-refractivity contribution in [2.45, 2.75) is 33.1 Å². The van der Waals surface area contributed by atoms with Gasteiger partial charge in [-0.05, 0) is 79.1 Å². The van der Waals surface area contributed by atoms with E-state index in [9.17, 15) is 9.59 Å². The Balaban J connectivity index is 1.40. The van der Waals surface area contributed by atoms with Gasteiger partial charge < -0.3 is 15.2 Å². The first-order chi connectivity index (χ1) is 14.0. The summed E-state index contributed by atoms with van der Waals surface area (Å²) in [5.74, 6) is 0.758. The first-order valence-corrected chi connectivity index (χ1v) is 10.3. The van der Waals surface area contributed by atoms with Crippen LogP contribution in [0.3, 0.4) is 0 Å². The number of aryl methyl sites for hydroxylation is 1. The van der Waals surface area contributed by atoms with Gasteiger partial charge in [-0.1, -0.05) is 13.0 Å². The molecule has 0 atom stereocenters. The van der Waals surface area contributed by atoms with Crippen molar-refractivity contribution in [3.63, 3.8) is 0 Å². The Morgan fingerprint density at radius 1 is 1.10 bits per heavy atom. The van der Waals surface area contributed by atoms with Crippen LogP contribution in [0.25, 0.3) is 10.9 Å². The van der Waals surface area contributed by atoms with Gasteiger partial charge in [0.2, 0.25) is 5.91 Å². The summed E-state index contributed by atoms with van der Waals surface area (Å²) < 4.78 is 0. The van der Waals surface area contributed by atoms with Gasteiger partial charge in [-0.15, -0.1) is 0 Å². The number of carbonyl (C=O) groups is 1. The first-order valence-electron chi connectivity index (χ1n) is 10.3. The lowest BCUT2D eigenvalue weighted by Crippen LogP contribution is -2.32. The van der Waals surface area contributed by atoms with Crippen LogP contribution in [-0.2, 0) is 11.2 Å².